The lowest BCUT2D eigenvalue weighted by molar-refractivity contribution is -0.139. The molecule has 0 atom stereocenters. The van der Waals surface area contributed by atoms with Gasteiger partial charge in [-0.1, -0.05) is 24.3 Å². The molecule has 0 fully saturated rings. The molecule has 0 bridgehead atoms. The minimum atomic E-state index is -4.83. The van der Waals surface area contributed by atoms with Crippen molar-refractivity contribution in [2.24, 2.45) is 0 Å². The van der Waals surface area contributed by atoms with E-state index in [2.05, 4.69) is 4.74 Å². The van der Waals surface area contributed by atoms with Crippen LogP contribution >= 0.6 is 0 Å². The first-order chi connectivity index (χ1) is 10.6. The van der Waals surface area contributed by atoms with E-state index in [0.29, 0.717) is 12.1 Å². The molecule has 122 valence electrons. The molecule has 0 radical (unpaired) electrons. The van der Waals surface area contributed by atoms with Crippen LogP contribution in [0.4, 0.5) is 26.3 Å². The highest BCUT2D eigenvalue weighted by molar-refractivity contribution is 5.93. The van der Waals surface area contributed by atoms with Gasteiger partial charge in [0.2, 0.25) is 0 Å². The monoisotopic (exact) mass is 334 g/mol. The molecule has 0 heterocycles. The topological polar surface area (TPSA) is 26.3 Å². The van der Waals surface area contributed by atoms with Crippen LogP contribution in [0.15, 0.2) is 48.5 Å². The van der Waals surface area contributed by atoms with Crippen LogP contribution in [0.1, 0.15) is 21.5 Å². The smallest absolute Gasteiger partial charge is 0.419 e. The summed E-state index contributed by atoms with van der Waals surface area (Å²) in [5.41, 5.74) is -3.40. The van der Waals surface area contributed by atoms with Gasteiger partial charge in [-0.25, -0.2) is 4.79 Å². The molecule has 2 aromatic carbocycles. The van der Waals surface area contributed by atoms with Gasteiger partial charge in [-0.3, -0.25) is 0 Å². The summed E-state index contributed by atoms with van der Waals surface area (Å²) in [4.78, 5) is 11.9. The Morgan fingerprint density at radius 2 is 1.22 bits per heavy atom. The molecule has 0 saturated heterocycles. The number of hydrogen-bond acceptors (Lipinski definition) is 2. The summed E-state index contributed by atoms with van der Waals surface area (Å²) >= 11 is 0. The van der Waals surface area contributed by atoms with Crippen molar-refractivity contribution < 1.29 is 35.9 Å². The molecule has 0 aliphatic heterocycles. The summed E-state index contributed by atoms with van der Waals surface area (Å²) in [6.07, 6.45) is -9.64. The van der Waals surface area contributed by atoms with Gasteiger partial charge in [0.15, 0.2) is 0 Å². The Hall–Kier alpha value is -2.51. The van der Waals surface area contributed by atoms with Gasteiger partial charge in [0.1, 0.15) is 5.75 Å². The molecule has 2 nitrogen and oxygen atoms in total. The Morgan fingerprint density at radius 1 is 0.739 bits per heavy atom. The molecular formula is C15H8F6O2. The SMILES string of the molecule is O=C(Oc1ccccc1C(F)(F)F)c1ccccc1C(F)(F)F. The Balaban J connectivity index is 2.39. The van der Waals surface area contributed by atoms with Gasteiger partial charge < -0.3 is 4.74 Å². The summed E-state index contributed by atoms with van der Waals surface area (Å²) < 4.78 is 81.4. The summed E-state index contributed by atoms with van der Waals surface area (Å²) in [6, 6.07) is 7.46. The number of halogens is 6. The van der Waals surface area contributed by atoms with Crippen LogP contribution in [0.2, 0.25) is 0 Å². The lowest BCUT2D eigenvalue weighted by Crippen LogP contribution is -2.18. The molecule has 0 saturated carbocycles. The molecule has 0 aliphatic rings. The maximum absolute atomic E-state index is 12.8. The van der Waals surface area contributed by atoms with Crippen LogP contribution in [0.25, 0.3) is 0 Å². The standard InChI is InChI=1S/C15H8F6O2/c16-14(17,18)10-6-2-1-5-9(10)13(22)23-12-8-4-3-7-11(12)15(19,20)21/h1-8H. The van der Waals surface area contributed by atoms with E-state index in [9.17, 15) is 31.1 Å². The highest BCUT2D eigenvalue weighted by Gasteiger charge is 2.37. The quantitative estimate of drug-likeness (QED) is 0.442. The Kier molecular flexibility index (Phi) is 4.35. The van der Waals surface area contributed by atoms with Gasteiger partial charge in [0, 0.05) is 0 Å². The number of ether oxygens (including phenoxy) is 1. The first kappa shape index (κ1) is 16.9. The van der Waals surface area contributed by atoms with Gasteiger partial charge in [0.25, 0.3) is 0 Å². The van der Waals surface area contributed by atoms with Gasteiger partial charge in [-0.15, -0.1) is 0 Å². The van der Waals surface area contributed by atoms with Crippen LogP contribution < -0.4 is 4.74 Å². The van der Waals surface area contributed by atoms with Crippen molar-refractivity contribution in [3.05, 3.63) is 65.2 Å². The largest absolute Gasteiger partial charge is 0.422 e. The molecule has 2 rings (SSSR count). The minimum absolute atomic E-state index is 0.645. The van der Waals surface area contributed by atoms with Gasteiger partial charge in [0.05, 0.1) is 16.7 Å². The summed E-state index contributed by atoms with van der Waals surface area (Å²) in [5.74, 6) is -2.38. The van der Waals surface area contributed by atoms with Crippen molar-refractivity contribution in [3.63, 3.8) is 0 Å². The predicted octanol–water partition coefficient (Wildman–Crippen LogP) is 4.94. The van der Waals surface area contributed by atoms with Crippen molar-refractivity contribution in [2.45, 2.75) is 12.4 Å². The molecule has 0 aliphatic carbocycles. The zero-order chi connectivity index (χ0) is 17.3. The van der Waals surface area contributed by atoms with E-state index in [1.54, 1.807) is 0 Å². The number of alkyl halides is 6. The van der Waals surface area contributed by atoms with Crippen LogP contribution in [-0.4, -0.2) is 5.97 Å². The van der Waals surface area contributed by atoms with Crippen molar-refractivity contribution in [1.82, 2.24) is 0 Å². The second kappa shape index (κ2) is 5.94. The lowest BCUT2D eigenvalue weighted by atomic mass is 10.1. The molecular weight excluding hydrogens is 326 g/mol. The third-order valence-electron chi connectivity index (χ3n) is 2.85. The van der Waals surface area contributed by atoms with E-state index in [0.717, 1.165) is 30.3 Å². The molecule has 0 unspecified atom stereocenters. The normalized spacial score (nSPS) is 12.1. The molecule has 2 aromatic rings. The van der Waals surface area contributed by atoms with Crippen molar-refractivity contribution in [1.29, 1.82) is 0 Å². The minimum Gasteiger partial charge on any atom is -0.422 e. The van der Waals surface area contributed by atoms with Crippen molar-refractivity contribution in [3.8, 4) is 5.75 Å². The summed E-state index contributed by atoms with van der Waals surface area (Å²) in [5, 5.41) is 0. The predicted molar refractivity (Wildman–Crippen MR) is 67.8 cm³/mol. The Bertz CT molecular complexity index is 718. The number of benzene rings is 2. The molecule has 0 aromatic heterocycles. The summed E-state index contributed by atoms with van der Waals surface area (Å²) in [6.45, 7) is 0. The summed E-state index contributed by atoms with van der Waals surface area (Å²) in [7, 11) is 0. The average molecular weight is 334 g/mol. The number of carbonyl (C=O) groups is 1. The first-order valence-electron chi connectivity index (χ1n) is 6.15. The lowest BCUT2D eigenvalue weighted by Gasteiger charge is -2.14. The fourth-order valence-electron chi connectivity index (χ4n) is 1.85. The average Bonchev–Trinajstić information content (AvgIpc) is 2.46. The zero-order valence-electron chi connectivity index (χ0n) is 11.2. The van der Waals surface area contributed by atoms with Gasteiger partial charge >= 0.3 is 18.3 Å². The van der Waals surface area contributed by atoms with Crippen LogP contribution in [-0.2, 0) is 12.4 Å². The third kappa shape index (κ3) is 3.82. The maximum Gasteiger partial charge on any atom is 0.419 e. The van der Waals surface area contributed by atoms with Crippen LogP contribution in [0, 0.1) is 0 Å². The Labute approximate surface area is 126 Å². The zero-order valence-corrected chi connectivity index (χ0v) is 11.2. The fourth-order valence-corrected chi connectivity index (χ4v) is 1.85. The number of hydrogen-bond donors (Lipinski definition) is 0. The molecule has 8 heteroatoms. The number of esters is 1. The fraction of sp³-hybridized carbons (Fsp3) is 0.133. The van der Waals surface area contributed by atoms with Crippen molar-refractivity contribution in [2.75, 3.05) is 0 Å². The second-order valence-corrected chi connectivity index (χ2v) is 4.43. The third-order valence-corrected chi connectivity index (χ3v) is 2.85. The molecule has 0 N–H and O–H groups in total. The van der Waals surface area contributed by atoms with Crippen LogP contribution in [0.3, 0.4) is 0 Å². The maximum atomic E-state index is 12.8. The Morgan fingerprint density at radius 3 is 1.78 bits per heavy atom. The van der Waals surface area contributed by atoms with Crippen LogP contribution in [0.5, 0.6) is 5.75 Å². The number of para-hydroxylation sites is 1. The van der Waals surface area contributed by atoms with E-state index in [4.69, 9.17) is 0 Å². The van der Waals surface area contributed by atoms with E-state index in [-0.39, 0.29) is 0 Å². The number of carbonyl (C=O) groups excluding carboxylic acids is 1. The van der Waals surface area contributed by atoms with E-state index >= 15 is 0 Å². The molecule has 0 spiro atoms. The van der Waals surface area contributed by atoms with Gasteiger partial charge in [-0.05, 0) is 24.3 Å². The van der Waals surface area contributed by atoms with Gasteiger partial charge in [-0.2, -0.15) is 26.3 Å². The number of rotatable bonds is 2. The first-order valence-corrected chi connectivity index (χ1v) is 6.15. The second-order valence-electron chi connectivity index (χ2n) is 4.43. The van der Waals surface area contributed by atoms with E-state index in [1.165, 1.54) is 6.07 Å². The molecule has 23 heavy (non-hydrogen) atoms. The van der Waals surface area contributed by atoms with E-state index in [1.807, 2.05) is 0 Å². The van der Waals surface area contributed by atoms with E-state index < -0.39 is 40.8 Å². The highest BCUT2D eigenvalue weighted by atomic mass is 19.4. The van der Waals surface area contributed by atoms with Crippen molar-refractivity contribution >= 4 is 5.97 Å². The molecule has 0 amide bonds. The highest BCUT2D eigenvalue weighted by Crippen LogP contribution is 2.37.